The molecule has 1 N–H and O–H groups in total. The highest BCUT2D eigenvalue weighted by Crippen LogP contribution is 2.31. The molecule has 0 fully saturated rings. The van der Waals surface area contributed by atoms with Crippen molar-refractivity contribution in [2.24, 2.45) is 0 Å². The van der Waals surface area contributed by atoms with Gasteiger partial charge in [0.2, 0.25) is 5.76 Å². The van der Waals surface area contributed by atoms with Gasteiger partial charge >= 0.3 is 12.5 Å². The van der Waals surface area contributed by atoms with Crippen molar-refractivity contribution in [3.63, 3.8) is 0 Å². The minimum absolute atomic E-state index is 0.0162. The van der Waals surface area contributed by atoms with Crippen molar-refractivity contribution in [2.45, 2.75) is 32.4 Å². The van der Waals surface area contributed by atoms with Gasteiger partial charge in [-0.2, -0.15) is 13.2 Å². The number of aryl methyl sites for hydroxylation is 1. The van der Waals surface area contributed by atoms with Crippen LogP contribution in [0.3, 0.4) is 0 Å². The van der Waals surface area contributed by atoms with Gasteiger partial charge in [0, 0.05) is 23.7 Å². The number of hydrogen-bond acceptors (Lipinski definition) is 3. The van der Waals surface area contributed by atoms with E-state index >= 15 is 0 Å². The summed E-state index contributed by atoms with van der Waals surface area (Å²) in [5.41, 5.74) is 0.0767. The SMILES string of the molecule is Cc1cc2cc(CNC(=O)c3cc(CC(F)(F)F)no3)ccc2n1C(F)(F)F. The van der Waals surface area contributed by atoms with Crippen molar-refractivity contribution in [3.8, 4) is 0 Å². The number of aromatic nitrogens is 2. The smallest absolute Gasteiger partial charge is 0.351 e. The molecule has 0 aliphatic rings. The maximum atomic E-state index is 13.1. The molecule has 5 nitrogen and oxygen atoms in total. The van der Waals surface area contributed by atoms with Gasteiger partial charge in [0.25, 0.3) is 5.91 Å². The summed E-state index contributed by atoms with van der Waals surface area (Å²) in [6.07, 6.45) is -10.4. The van der Waals surface area contributed by atoms with E-state index in [9.17, 15) is 31.1 Å². The van der Waals surface area contributed by atoms with E-state index in [4.69, 9.17) is 0 Å². The molecule has 3 aromatic rings. The second-order valence-electron chi connectivity index (χ2n) is 6.14. The van der Waals surface area contributed by atoms with Crippen molar-refractivity contribution < 1.29 is 35.7 Å². The Bertz CT molecular complexity index is 1020. The standard InChI is InChI=1S/C17H13F6N3O2/c1-9-4-11-5-10(2-3-13(11)26(9)17(21,22)23)8-24-15(27)14-6-12(25-28-14)7-16(18,19)20/h2-6H,7-8H2,1H3,(H,24,27). The Kier molecular flexibility index (Phi) is 4.86. The Balaban J connectivity index is 1.71. The van der Waals surface area contributed by atoms with E-state index < -0.39 is 30.5 Å². The molecule has 150 valence electrons. The quantitative estimate of drug-likeness (QED) is 0.653. The Labute approximate surface area is 153 Å². The molecule has 0 aliphatic heterocycles. The number of amides is 1. The highest BCUT2D eigenvalue weighted by Gasteiger charge is 2.33. The van der Waals surface area contributed by atoms with Crippen LogP contribution in [0, 0.1) is 6.92 Å². The van der Waals surface area contributed by atoms with E-state index in [-0.39, 0.29) is 28.1 Å². The van der Waals surface area contributed by atoms with E-state index in [2.05, 4.69) is 15.0 Å². The monoisotopic (exact) mass is 405 g/mol. The third kappa shape index (κ3) is 4.29. The number of nitrogens with zero attached hydrogens (tertiary/aromatic N) is 2. The second-order valence-corrected chi connectivity index (χ2v) is 6.14. The first-order valence-electron chi connectivity index (χ1n) is 7.93. The zero-order valence-corrected chi connectivity index (χ0v) is 14.3. The molecule has 28 heavy (non-hydrogen) atoms. The number of halogens is 6. The molecule has 0 radical (unpaired) electrons. The highest BCUT2D eigenvalue weighted by atomic mass is 19.4. The summed E-state index contributed by atoms with van der Waals surface area (Å²) in [5.74, 6) is -1.18. The van der Waals surface area contributed by atoms with E-state index in [1.54, 1.807) is 0 Å². The lowest BCUT2D eigenvalue weighted by Crippen LogP contribution is -2.22. The number of rotatable bonds is 4. The molecule has 0 spiro atoms. The van der Waals surface area contributed by atoms with Crippen LogP contribution in [0.5, 0.6) is 0 Å². The normalized spacial score (nSPS) is 12.5. The molecule has 2 aromatic heterocycles. The first-order valence-corrected chi connectivity index (χ1v) is 7.93. The average Bonchev–Trinajstić information content (AvgIpc) is 3.13. The number of alkyl halides is 6. The van der Waals surface area contributed by atoms with Crippen molar-refractivity contribution in [3.05, 3.63) is 53.0 Å². The van der Waals surface area contributed by atoms with Gasteiger partial charge in [0.1, 0.15) is 0 Å². The second kappa shape index (κ2) is 6.88. The lowest BCUT2D eigenvalue weighted by molar-refractivity contribution is -0.201. The summed E-state index contributed by atoms with van der Waals surface area (Å²) in [7, 11) is 0. The molecule has 0 unspecified atom stereocenters. The van der Waals surface area contributed by atoms with Gasteiger partial charge in [-0.15, -0.1) is 13.2 Å². The molecule has 0 saturated heterocycles. The van der Waals surface area contributed by atoms with Gasteiger partial charge in [0.15, 0.2) is 0 Å². The van der Waals surface area contributed by atoms with Crippen LogP contribution in [-0.4, -0.2) is 21.8 Å². The Morgan fingerprint density at radius 2 is 1.86 bits per heavy atom. The third-order valence-corrected chi connectivity index (χ3v) is 3.92. The number of fused-ring (bicyclic) bond motifs is 1. The van der Waals surface area contributed by atoms with Crippen LogP contribution < -0.4 is 5.32 Å². The largest absolute Gasteiger partial charge is 0.489 e. The summed E-state index contributed by atoms with van der Waals surface area (Å²) in [4.78, 5) is 12.0. The first kappa shape index (κ1) is 19.8. The van der Waals surface area contributed by atoms with Crippen LogP contribution in [0.25, 0.3) is 10.9 Å². The fourth-order valence-electron chi connectivity index (χ4n) is 2.83. The lowest BCUT2D eigenvalue weighted by atomic mass is 10.1. The van der Waals surface area contributed by atoms with Crippen molar-refractivity contribution in [1.29, 1.82) is 0 Å². The summed E-state index contributed by atoms with van der Waals surface area (Å²) >= 11 is 0. The minimum Gasteiger partial charge on any atom is -0.351 e. The van der Waals surface area contributed by atoms with Gasteiger partial charge < -0.3 is 9.84 Å². The zero-order valence-electron chi connectivity index (χ0n) is 14.3. The summed E-state index contributed by atoms with van der Waals surface area (Å²) in [6, 6.07) is 6.44. The number of benzene rings is 1. The molecule has 11 heteroatoms. The molecule has 2 heterocycles. The van der Waals surface area contributed by atoms with Crippen molar-refractivity contribution >= 4 is 16.8 Å². The van der Waals surface area contributed by atoms with Crippen LogP contribution in [-0.2, 0) is 19.3 Å². The minimum atomic E-state index is -4.55. The van der Waals surface area contributed by atoms with Gasteiger partial charge in [-0.1, -0.05) is 11.2 Å². The molecule has 0 aliphatic carbocycles. The van der Waals surface area contributed by atoms with E-state index in [0.717, 1.165) is 6.07 Å². The summed E-state index contributed by atoms with van der Waals surface area (Å²) < 4.78 is 81.0. The predicted octanol–water partition coefficient (Wildman–Crippen LogP) is 4.45. The van der Waals surface area contributed by atoms with Gasteiger partial charge in [-0.3, -0.25) is 9.36 Å². The molecular weight excluding hydrogens is 392 g/mol. The number of carbonyl (C=O) groups excluding carboxylic acids is 1. The average molecular weight is 405 g/mol. The molecule has 0 saturated carbocycles. The van der Waals surface area contributed by atoms with Crippen LogP contribution in [0.4, 0.5) is 26.3 Å². The maximum absolute atomic E-state index is 13.1. The van der Waals surface area contributed by atoms with Gasteiger partial charge in [-0.05, 0) is 30.7 Å². The van der Waals surface area contributed by atoms with Crippen molar-refractivity contribution in [2.75, 3.05) is 0 Å². The molecule has 1 aromatic carbocycles. The predicted molar refractivity (Wildman–Crippen MR) is 85.4 cm³/mol. The fraction of sp³-hybridized carbons (Fsp3) is 0.294. The molecule has 1 amide bonds. The number of carbonyl (C=O) groups is 1. The fourth-order valence-corrected chi connectivity index (χ4v) is 2.83. The van der Waals surface area contributed by atoms with Gasteiger partial charge in [-0.25, -0.2) is 0 Å². The first-order chi connectivity index (χ1) is 12.9. The van der Waals surface area contributed by atoms with Crippen molar-refractivity contribution in [1.82, 2.24) is 15.0 Å². The molecule has 3 rings (SSSR count). The summed E-state index contributed by atoms with van der Waals surface area (Å²) in [6.45, 7) is 1.28. The summed E-state index contributed by atoms with van der Waals surface area (Å²) in [5, 5.41) is 5.96. The van der Waals surface area contributed by atoms with Crippen LogP contribution in [0.1, 0.15) is 27.5 Å². The van der Waals surface area contributed by atoms with E-state index in [0.29, 0.717) is 10.9 Å². The molecule has 0 atom stereocenters. The van der Waals surface area contributed by atoms with Gasteiger partial charge in [0.05, 0.1) is 17.6 Å². The van der Waals surface area contributed by atoms with Crippen LogP contribution >= 0.6 is 0 Å². The maximum Gasteiger partial charge on any atom is 0.489 e. The number of hydrogen-bond donors (Lipinski definition) is 1. The lowest BCUT2D eigenvalue weighted by Gasteiger charge is -2.12. The highest BCUT2D eigenvalue weighted by molar-refractivity contribution is 5.91. The zero-order chi connectivity index (χ0) is 20.7. The topological polar surface area (TPSA) is 60.1 Å². The molecule has 0 bridgehead atoms. The Morgan fingerprint density at radius 3 is 2.50 bits per heavy atom. The van der Waals surface area contributed by atoms with E-state index in [1.807, 2.05) is 0 Å². The van der Waals surface area contributed by atoms with Crippen LogP contribution in [0.15, 0.2) is 34.9 Å². The third-order valence-electron chi connectivity index (χ3n) is 3.92. The Morgan fingerprint density at radius 1 is 1.14 bits per heavy atom. The van der Waals surface area contributed by atoms with E-state index in [1.165, 1.54) is 31.2 Å². The van der Waals surface area contributed by atoms with Crippen LogP contribution in [0.2, 0.25) is 0 Å². The molecular formula is C17H13F6N3O2. The Hall–Kier alpha value is -2.98. The number of nitrogens with one attached hydrogen (secondary N) is 1.